The Morgan fingerprint density at radius 3 is 2.78 bits per heavy atom. The summed E-state index contributed by atoms with van der Waals surface area (Å²) >= 11 is 1.17. The van der Waals surface area contributed by atoms with Crippen LogP contribution in [0.15, 0.2) is 52.3 Å². The molecule has 2 aliphatic rings. The Balaban J connectivity index is 1.79. The van der Waals surface area contributed by atoms with Crippen LogP contribution < -0.4 is 24.4 Å². The lowest BCUT2D eigenvalue weighted by Crippen LogP contribution is -2.58. The normalized spacial score (nSPS) is 23.4. The number of benzene rings is 2. The number of ether oxygens (including phenoxy) is 3. The second kappa shape index (κ2) is 7.23. The molecule has 32 heavy (non-hydrogen) atoms. The Hall–Kier alpha value is -3.59. The Morgan fingerprint density at radius 2 is 2.03 bits per heavy atom. The van der Waals surface area contributed by atoms with Gasteiger partial charge in [-0.3, -0.25) is 14.2 Å². The average Bonchev–Trinajstić information content (AvgIpc) is 3.07. The second-order valence-corrected chi connectivity index (χ2v) is 8.73. The molecule has 0 radical (unpaired) electrons. The van der Waals surface area contributed by atoms with Gasteiger partial charge in [0.25, 0.3) is 5.56 Å². The first kappa shape index (κ1) is 20.3. The lowest BCUT2D eigenvalue weighted by Gasteiger charge is -2.44. The lowest BCUT2D eigenvalue weighted by molar-refractivity contribution is -0.158. The topological polar surface area (TPSA) is 99.4 Å². The number of phenols is 1. The fourth-order valence-corrected chi connectivity index (χ4v) is 5.48. The number of nitrogens with zero attached hydrogens (tertiary/aromatic N) is 2. The molecule has 0 saturated carbocycles. The van der Waals surface area contributed by atoms with Gasteiger partial charge in [-0.2, -0.15) is 0 Å². The third-order valence-electron chi connectivity index (χ3n) is 5.87. The minimum absolute atomic E-state index is 0.0606. The summed E-state index contributed by atoms with van der Waals surface area (Å²) in [5.74, 6) is -0.518. The SMILES string of the molecule is COC(=O)C1C2c3ccccc3O[C@@]1(C)N=c1sc(=Cc3cccc(OC)c3O)c(=O)n12. The molecule has 9 heteroatoms. The average molecular weight is 452 g/mol. The maximum Gasteiger partial charge on any atom is 0.317 e. The molecule has 2 aromatic carbocycles. The summed E-state index contributed by atoms with van der Waals surface area (Å²) in [6.07, 6.45) is 1.60. The number of esters is 1. The molecule has 2 unspecified atom stereocenters. The monoisotopic (exact) mass is 452 g/mol. The van der Waals surface area contributed by atoms with Gasteiger partial charge in [0.2, 0.25) is 5.72 Å². The number of phenolic OH excluding ortho intramolecular Hbond substituents is 1. The maximum absolute atomic E-state index is 13.5. The van der Waals surface area contributed by atoms with Crippen LogP contribution >= 0.6 is 11.3 Å². The predicted molar refractivity (Wildman–Crippen MR) is 117 cm³/mol. The van der Waals surface area contributed by atoms with Crippen LogP contribution in [0.2, 0.25) is 0 Å². The van der Waals surface area contributed by atoms with Crippen LogP contribution in [0.5, 0.6) is 17.2 Å². The van der Waals surface area contributed by atoms with Crippen LogP contribution in [0.25, 0.3) is 6.08 Å². The number of aromatic hydroxyl groups is 1. The van der Waals surface area contributed by atoms with E-state index >= 15 is 0 Å². The predicted octanol–water partition coefficient (Wildman–Crippen LogP) is 1.57. The van der Waals surface area contributed by atoms with E-state index < -0.39 is 23.7 Å². The van der Waals surface area contributed by atoms with Crippen LogP contribution in [-0.4, -0.2) is 35.6 Å². The maximum atomic E-state index is 13.5. The molecule has 0 fully saturated rings. The number of carbonyl (C=O) groups is 1. The molecule has 0 saturated heterocycles. The molecule has 3 aromatic rings. The molecule has 1 N–H and O–H groups in total. The second-order valence-electron chi connectivity index (χ2n) is 7.72. The number of carbonyl (C=O) groups excluding carboxylic acids is 1. The van der Waals surface area contributed by atoms with Crippen LogP contribution in [-0.2, 0) is 9.53 Å². The lowest BCUT2D eigenvalue weighted by atomic mass is 9.81. The quantitative estimate of drug-likeness (QED) is 0.606. The fourth-order valence-electron chi connectivity index (χ4n) is 4.39. The van der Waals surface area contributed by atoms with Crippen LogP contribution in [0.4, 0.5) is 0 Å². The van der Waals surface area contributed by atoms with Crippen molar-refractivity contribution in [1.82, 2.24) is 4.57 Å². The molecular weight excluding hydrogens is 432 g/mol. The first-order valence-electron chi connectivity index (χ1n) is 9.92. The number of hydrogen-bond acceptors (Lipinski definition) is 8. The van der Waals surface area contributed by atoms with Crippen LogP contribution in [0.1, 0.15) is 24.1 Å². The molecule has 0 spiro atoms. The van der Waals surface area contributed by atoms with Gasteiger partial charge in [0, 0.05) is 11.1 Å². The Labute approximate surface area is 186 Å². The number of rotatable bonds is 3. The minimum Gasteiger partial charge on any atom is -0.504 e. The van der Waals surface area contributed by atoms with Crippen molar-refractivity contribution in [3.63, 3.8) is 0 Å². The molecule has 0 amide bonds. The van der Waals surface area contributed by atoms with Crippen molar-refractivity contribution in [1.29, 1.82) is 0 Å². The molecular formula is C23H20N2O6S. The highest BCUT2D eigenvalue weighted by molar-refractivity contribution is 7.07. The molecule has 164 valence electrons. The van der Waals surface area contributed by atoms with Gasteiger partial charge < -0.3 is 19.3 Å². The number of methoxy groups -OCH3 is 2. The fraction of sp³-hybridized carbons (Fsp3) is 0.261. The molecule has 3 atom stereocenters. The summed E-state index contributed by atoms with van der Waals surface area (Å²) in [5, 5.41) is 10.4. The largest absolute Gasteiger partial charge is 0.504 e. The van der Waals surface area contributed by atoms with Crippen LogP contribution in [0.3, 0.4) is 0 Å². The van der Waals surface area contributed by atoms with Gasteiger partial charge in [-0.05, 0) is 25.1 Å². The van der Waals surface area contributed by atoms with Gasteiger partial charge in [-0.15, -0.1) is 0 Å². The van der Waals surface area contributed by atoms with Crippen molar-refractivity contribution in [3.05, 3.63) is 73.3 Å². The third kappa shape index (κ3) is 2.85. The Kier molecular flexibility index (Phi) is 4.59. The van der Waals surface area contributed by atoms with E-state index in [1.54, 1.807) is 37.3 Å². The summed E-state index contributed by atoms with van der Waals surface area (Å²) in [5.41, 5.74) is -0.379. The van der Waals surface area contributed by atoms with E-state index in [1.165, 1.54) is 30.1 Å². The van der Waals surface area contributed by atoms with Crippen molar-refractivity contribution in [2.45, 2.75) is 18.7 Å². The van der Waals surface area contributed by atoms with Crippen molar-refractivity contribution in [2.75, 3.05) is 14.2 Å². The summed E-state index contributed by atoms with van der Waals surface area (Å²) in [7, 11) is 2.77. The summed E-state index contributed by atoms with van der Waals surface area (Å²) in [4.78, 5) is 31.4. The van der Waals surface area contributed by atoms with E-state index in [0.717, 1.165) is 0 Å². The molecule has 3 heterocycles. The van der Waals surface area contributed by atoms with E-state index in [4.69, 9.17) is 14.2 Å². The van der Waals surface area contributed by atoms with Crippen molar-refractivity contribution < 1.29 is 24.1 Å². The first-order valence-corrected chi connectivity index (χ1v) is 10.7. The number of para-hydroxylation sites is 2. The summed E-state index contributed by atoms with van der Waals surface area (Å²) in [6.45, 7) is 1.72. The highest BCUT2D eigenvalue weighted by Crippen LogP contribution is 2.47. The van der Waals surface area contributed by atoms with Gasteiger partial charge in [-0.25, -0.2) is 4.99 Å². The first-order chi connectivity index (χ1) is 15.4. The highest BCUT2D eigenvalue weighted by atomic mass is 32.1. The van der Waals surface area contributed by atoms with Crippen LogP contribution in [0, 0.1) is 5.92 Å². The number of fused-ring (bicyclic) bond motifs is 6. The van der Waals surface area contributed by atoms with Gasteiger partial charge in [0.1, 0.15) is 11.7 Å². The third-order valence-corrected chi connectivity index (χ3v) is 6.85. The molecule has 2 bridgehead atoms. The van der Waals surface area contributed by atoms with Crippen molar-refractivity contribution in [2.24, 2.45) is 10.9 Å². The van der Waals surface area contributed by atoms with E-state index in [0.29, 0.717) is 32.0 Å². The van der Waals surface area contributed by atoms with Gasteiger partial charge in [0.15, 0.2) is 16.3 Å². The van der Waals surface area contributed by atoms with Gasteiger partial charge >= 0.3 is 5.97 Å². The summed E-state index contributed by atoms with van der Waals surface area (Å²) in [6, 6.07) is 11.7. The Morgan fingerprint density at radius 1 is 1.25 bits per heavy atom. The van der Waals surface area contributed by atoms with E-state index in [2.05, 4.69) is 4.99 Å². The smallest absolute Gasteiger partial charge is 0.317 e. The van der Waals surface area contributed by atoms with Crippen molar-refractivity contribution in [3.8, 4) is 17.2 Å². The molecule has 2 aliphatic heterocycles. The van der Waals surface area contributed by atoms with E-state index in [-0.39, 0.29) is 11.3 Å². The summed E-state index contributed by atoms with van der Waals surface area (Å²) < 4.78 is 18.3. The number of hydrogen-bond donors (Lipinski definition) is 1. The van der Waals surface area contributed by atoms with Gasteiger partial charge in [-0.1, -0.05) is 41.7 Å². The van der Waals surface area contributed by atoms with Gasteiger partial charge in [0.05, 0.1) is 24.8 Å². The molecule has 1 aromatic heterocycles. The molecule has 5 rings (SSSR count). The Bertz CT molecular complexity index is 1420. The standard InChI is InChI=1S/C23H20N2O6S/c1-23-17(21(28)30-3)18(13-8-4-5-9-14(13)31-23)25-20(27)16(32-22(25)24-23)11-12-7-6-10-15(29-2)19(12)26/h4-11,17-18,26H,1-3H3/t17?,18?,23-/m1/s1. The molecule has 0 aliphatic carbocycles. The zero-order chi connectivity index (χ0) is 22.6. The minimum atomic E-state index is -1.22. The van der Waals surface area contributed by atoms with E-state index in [9.17, 15) is 14.7 Å². The highest BCUT2D eigenvalue weighted by Gasteiger charge is 2.55. The zero-order valence-corrected chi connectivity index (χ0v) is 18.4. The number of aromatic nitrogens is 1. The van der Waals surface area contributed by atoms with E-state index in [1.807, 2.05) is 18.2 Å². The number of thiazole rings is 1. The molecule has 8 nitrogen and oxygen atoms in total. The zero-order valence-electron chi connectivity index (χ0n) is 17.6. The van der Waals surface area contributed by atoms with Crippen molar-refractivity contribution >= 4 is 23.4 Å².